The van der Waals surface area contributed by atoms with Crippen LogP contribution in [0, 0.1) is 11.7 Å². The van der Waals surface area contributed by atoms with Crippen LogP contribution >= 0.6 is 0 Å². The third-order valence-electron chi connectivity index (χ3n) is 5.47. The van der Waals surface area contributed by atoms with Gasteiger partial charge in [-0.15, -0.1) is 0 Å². The van der Waals surface area contributed by atoms with Crippen LogP contribution in [0.3, 0.4) is 0 Å². The first-order valence-corrected chi connectivity index (χ1v) is 8.80. The van der Waals surface area contributed by atoms with Gasteiger partial charge in [-0.05, 0) is 55.9 Å². The minimum atomic E-state index is -0.201. The van der Waals surface area contributed by atoms with Crippen molar-refractivity contribution in [3.8, 4) is 0 Å². The lowest BCUT2D eigenvalue weighted by Gasteiger charge is -2.27. The monoisotopic (exact) mass is 314 g/mol. The third-order valence-corrected chi connectivity index (χ3v) is 5.47. The summed E-state index contributed by atoms with van der Waals surface area (Å²) in [5.41, 5.74) is 3.38. The minimum Gasteiger partial charge on any atom is -0.358 e. The lowest BCUT2D eigenvalue weighted by Crippen LogP contribution is -2.42. The van der Waals surface area contributed by atoms with Crippen LogP contribution in [-0.4, -0.2) is 16.9 Å². The van der Waals surface area contributed by atoms with Gasteiger partial charge in [-0.3, -0.25) is 4.79 Å². The van der Waals surface area contributed by atoms with Gasteiger partial charge >= 0.3 is 0 Å². The number of fused-ring (bicyclic) bond motifs is 3. The second-order valence-electron chi connectivity index (χ2n) is 7.06. The van der Waals surface area contributed by atoms with E-state index in [1.165, 1.54) is 36.6 Å². The Kier molecular flexibility index (Phi) is 3.83. The van der Waals surface area contributed by atoms with Gasteiger partial charge in [0.25, 0.3) is 0 Å². The number of rotatable bonds is 2. The molecule has 2 aliphatic rings. The van der Waals surface area contributed by atoms with E-state index in [2.05, 4.69) is 10.3 Å². The summed E-state index contributed by atoms with van der Waals surface area (Å²) >= 11 is 0. The number of carbonyl (C=O) groups excluding carboxylic acids is 1. The van der Waals surface area contributed by atoms with Crippen LogP contribution < -0.4 is 5.32 Å². The zero-order valence-electron chi connectivity index (χ0n) is 13.3. The van der Waals surface area contributed by atoms with Gasteiger partial charge in [0.2, 0.25) is 5.91 Å². The lowest BCUT2D eigenvalue weighted by atomic mass is 9.87. The van der Waals surface area contributed by atoms with Crippen LogP contribution in [0.1, 0.15) is 49.8 Å². The van der Waals surface area contributed by atoms with E-state index in [1.54, 1.807) is 12.1 Å². The number of hydrogen-bond acceptors (Lipinski definition) is 1. The summed E-state index contributed by atoms with van der Waals surface area (Å²) in [5, 5.41) is 4.22. The predicted molar refractivity (Wildman–Crippen MR) is 88.8 cm³/mol. The summed E-state index contributed by atoms with van der Waals surface area (Å²) in [6.45, 7) is 0. The molecule has 0 spiro atoms. The van der Waals surface area contributed by atoms with E-state index in [-0.39, 0.29) is 23.7 Å². The van der Waals surface area contributed by atoms with E-state index >= 15 is 0 Å². The molecule has 122 valence electrons. The Morgan fingerprint density at radius 1 is 1.17 bits per heavy atom. The Morgan fingerprint density at radius 3 is 2.83 bits per heavy atom. The molecule has 1 aromatic carbocycles. The number of halogens is 1. The topological polar surface area (TPSA) is 44.9 Å². The van der Waals surface area contributed by atoms with Crippen molar-refractivity contribution in [3.05, 3.63) is 35.3 Å². The largest absolute Gasteiger partial charge is 0.358 e. The molecule has 1 aromatic heterocycles. The van der Waals surface area contributed by atoms with Crippen molar-refractivity contribution in [3.63, 3.8) is 0 Å². The molecule has 23 heavy (non-hydrogen) atoms. The molecule has 0 saturated heterocycles. The maximum atomic E-state index is 13.6. The van der Waals surface area contributed by atoms with E-state index < -0.39 is 0 Å². The van der Waals surface area contributed by atoms with Gasteiger partial charge in [-0.25, -0.2) is 4.39 Å². The number of aryl methyl sites for hydroxylation is 1. The molecule has 1 unspecified atom stereocenters. The molecule has 1 fully saturated rings. The van der Waals surface area contributed by atoms with E-state index in [0.717, 1.165) is 43.0 Å². The van der Waals surface area contributed by atoms with Crippen LogP contribution in [0.15, 0.2) is 18.2 Å². The van der Waals surface area contributed by atoms with E-state index in [1.807, 2.05) is 0 Å². The summed E-state index contributed by atoms with van der Waals surface area (Å²) in [5.74, 6) is 0.224. The van der Waals surface area contributed by atoms with Crippen molar-refractivity contribution in [2.24, 2.45) is 5.92 Å². The summed E-state index contributed by atoms with van der Waals surface area (Å²) < 4.78 is 13.6. The van der Waals surface area contributed by atoms with Crippen LogP contribution in [0.5, 0.6) is 0 Å². The van der Waals surface area contributed by atoms with Crippen molar-refractivity contribution in [1.82, 2.24) is 10.3 Å². The third kappa shape index (κ3) is 2.87. The Morgan fingerprint density at radius 2 is 2.00 bits per heavy atom. The van der Waals surface area contributed by atoms with Gasteiger partial charge in [-0.2, -0.15) is 0 Å². The number of nitrogens with one attached hydrogen (secondary N) is 2. The van der Waals surface area contributed by atoms with Gasteiger partial charge < -0.3 is 10.3 Å². The molecule has 1 amide bonds. The molecule has 3 nitrogen and oxygen atoms in total. The highest BCUT2D eigenvalue weighted by Crippen LogP contribution is 2.30. The number of H-pyrrole nitrogens is 1. The SMILES string of the molecule is O=C(NC1CCc2[nH]c3ccc(F)cc3c2C1)C1CCCCC1. The molecule has 0 bridgehead atoms. The average molecular weight is 314 g/mol. The fourth-order valence-corrected chi connectivity index (χ4v) is 4.20. The predicted octanol–water partition coefficient (Wildman–Crippen LogP) is 3.86. The Bertz CT molecular complexity index is 730. The Hall–Kier alpha value is -1.84. The summed E-state index contributed by atoms with van der Waals surface area (Å²) in [6.07, 6.45) is 8.35. The summed E-state index contributed by atoms with van der Waals surface area (Å²) in [6, 6.07) is 5.08. The maximum absolute atomic E-state index is 13.6. The quantitative estimate of drug-likeness (QED) is 0.868. The number of amides is 1. The van der Waals surface area contributed by atoms with Crippen molar-refractivity contribution >= 4 is 16.8 Å². The lowest BCUT2D eigenvalue weighted by molar-refractivity contribution is -0.126. The van der Waals surface area contributed by atoms with E-state index in [0.29, 0.717) is 0 Å². The summed E-state index contributed by atoms with van der Waals surface area (Å²) in [7, 11) is 0. The number of benzene rings is 1. The smallest absolute Gasteiger partial charge is 0.223 e. The highest BCUT2D eigenvalue weighted by molar-refractivity contribution is 5.85. The Balaban J connectivity index is 1.50. The molecular weight excluding hydrogens is 291 g/mol. The number of hydrogen-bond donors (Lipinski definition) is 2. The zero-order valence-corrected chi connectivity index (χ0v) is 13.3. The normalized spacial score (nSPS) is 22.0. The van der Waals surface area contributed by atoms with Crippen molar-refractivity contribution in [2.45, 2.75) is 57.4 Å². The first kappa shape index (κ1) is 14.7. The molecule has 1 atom stereocenters. The van der Waals surface area contributed by atoms with Gasteiger partial charge in [0.15, 0.2) is 0 Å². The maximum Gasteiger partial charge on any atom is 0.223 e. The van der Waals surface area contributed by atoms with E-state index in [9.17, 15) is 9.18 Å². The molecule has 1 heterocycles. The van der Waals surface area contributed by atoms with Gasteiger partial charge in [0, 0.05) is 28.6 Å². The molecule has 0 radical (unpaired) electrons. The summed E-state index contributed by atoms with van der Waals surface area (Å²) in [4.78, 5) is 15.9. The minimum absolute atomic E-state index is 0.180. The number of aromatic amines is 1. The number of aromatic nitrogens is 1. The molecule has 2 aliphatic carbocycles. The molecule has 2 aromatic rings. The second-order valence-corrected chi connectivity index (χ2v) is 7.06. The molecule has 4 heteroatoms. The fraction of sp³-hybridized carbons (Fsp3) is 0.526. The molecule has 0 aliphatic heterocycles. The van der Waals surface area contributed by atoms with E-state index in [4.69, 9.17) is 0 Å². The molecule has 4 rings (SSSR count). The molecular formula is C19H23FN2O. The van der Waals surface area contributed by atoms with Crippen LogP contribution in [0.4, 0.5) is 4.39 Å². The van der Waals surface area contributed by atoms with Crippen LogP contribution in [-0.2, 0) is 17.6 Å². The zero-order chi connectivity index (χ0) is 15.8. The molecule has 1 saturated carbocycles. The fourth-order valence-electron chi connectivity index (χ4n) is 4.20. The highest BCUT2D eigenvalue weighted by Gasteiger charge is 2.27. The first-order chi connectivity index (χ1) is 11.2. The second kappa shape index (κ2) is 5.99. The van der Waals surface area contributed by atoms with Crippen LogP contribution in [0.25, 0.3) is 10.9 Å². The highest BCUT2D eigenvalue weighted by atomic mass is 19.1. The number of carbonyl (C=O) groups is 1. The Labute approximate surface area is 135 Å². The van der Waals surface area contributed by atoms with Crippen molar-refractivity contribution < 1.29 is 9.18 Å². The van der Waals surface area contributed by atoms with Gasteiger partial charge in [0.05, 0.1) is 0 Å². The average Bonchev–Trinajstić information content (AvgIpc) is 2.93. The first-order valence-electron chi connectivity index (χ1n) is 8.80. The molecule has 2 N–H and O–H groups in total. The van der Waals surface area contributed by atoms with Crippen LogP contribution in [0.2, 0.25) is 0 Å². The van der Waals surface area contributed by atoms with Gasteiger partial charge in [-0.1, -0.05) is 19.3 Å². The van der Waals surface area contributed by atoms with Crippen molar-refractivity contribution in [2.75, 3.05) is 0 Å². The van der Waals surface area contributed by atoms with Crippen molar-refractivity contribution in [1.29, 1.82) is 0 Å². The van der Waals surface area contributed by atoms with Gasteiger partial charge in [0.1, 0.15) is 5.82 Å². The standard InChI is InChI=1S/C19H23FN2O/c20-13-6-8-17-15(10-13)16-11-14(7-9-18(16)22-17)21-19(23)12-4-2-1-3-5-12/h6,8,10,12,14,22H,1-5,7,9,11H2,(H,21,23).